The van der Waals surface area contributed by atoms with Crippen molar-refractivity contribution in [2.24, 2.45) is 5.73 Å². The third-order valence-corrected chi connectivity index (χ3v) is 4.17. The van der Waals surface area contributed by atoms with E-state index in [-0.39, 0.29) is 11.8 Å². The van der Waals surface area contributed by atoms with Gasteiger partial charge in [-0.2, -0.15) is 0 Å². The fraction of sp³-hybridized carbons (Fsp3) is 0.312. The summed E-state index contributed by atoms with van der Waals surface area (Å²) in [6.45, 7) is 2.35. The molecule has 1 aromatic carbocycles. The van der Waals surface area contributed by atoms with Gasteiger partial charge in [-0.25, -0.2) is 4.98 Å². The van der Waals surface area contributed by atoms with Gasteiger partial charge in [-0.15, -0.1) is 11.3 Å². The first-order valence-electron chi connectivity index (χ1n) is 7.20. The maximum absolute atomic E-state index is 12.2. The quantitative estimate of drug-likeness (QED) is 0.875. The first-order chi connectivity index (χ1) is 10.9. The maximum Gasteiger partial charge on any atom is 0.275 e. The Bertz CT molecular complexity index is 725. The second kappa shape index (κ2) is 7.34. The molecular weight excluding hydrogens is 312 g/mol. The molecule has 0 aliphatic heterocycles. The highest BCUT2D eigenvalue weighted by Crippen LogP contribution is 2.18. The Hall–Kier alpha value is -2.25. The van der Waals surface area contributed by atoms with Crippen molar-refractivity contribution in [3.05, 3.63) is 45.4 Å². The van der Waals surface area contributed by atoms with Crippen LogP contribution in [0.4, 0.5) is 5.69 Å². The molecule has 6 nitrogen and oxygen atoms in total. The minimum Gasteiger partial charge on any atom is -0.345 e. The van der Waals surface area contributed by atoms with Gasteiger partial charge in [0.1, 0.15) is 5.69 Å². The number of nitrogens with one attached hydrogen (secondary N) is 1. The van der Waals surface area contributed by atoms with Gasteiger partial charge < -0.3 is 16.0 Å². The van der Waals surface area contributed by atoms with Crippen molar-refractivity contribution in [2.45, 2.75) is 13.3 Å². The summed E-state index contributed by atoms with van der Waals surface area (Å²) in [4.78, 5) is 30.0. The molecule has 2 rings (SSSR count). The number of amides is 2. The number of aromatic nitrogens is 1. The first kappa shape index (κ1) is 17.1. The molecule has 0 saturated carbocycles. The number of carbonyl (C=O) groups is 2. The van der Waals surface area contributed by atoms with Crippen LogP contribution < -0.4 is 11.1 Å². The zero-order chi connectivity index (χ0) is 17.0. The predicted octanol–water partition coefficient (Wildman–Crippen LogP) is 1.91. The van der Waals surface area contributed by atoms with E-state index in [1.54, 1.807) is 37.7 Å². The molecule has 0 saturated heterocycles. The van der Waals surface area contributed by atoms with E-state index in [9.17, 15) is 9.59 Å². The van der Waals surface area contributed by atoms with Gasteiger partial charge in [-0.1, -0.05) is 0 Å². The van der Waals surface area contributed by atoms with E-state index >= 15 is 0 Å². The average Bonchev–Trinajstić information content (AvgIpc) is 2.96. The van der Waals surface area contributed by atoms with Gasteiger partial charge in [0.25, 0.3) is 11.8 Å². The zero-order valence-corrected chi connectivity index (χ0v) is 14.2. The number of hydrogen-bond donors (Lipinski definition) is 2. The summed E-state index contributed by atoms with van der Waals surface area (Å²) in [5.74, 6) is -0.332. The van der Waals surface area contributed by atoms with Crippen molar-refractivity contribution in [1.82, 2.24) is 9.88 Å². The number of aryl methyl sites for hydroxylation is 1. The number of benzene rings is 1. The van der Waals surface area contributed by atoms with Crippen LogP contribution in [0.25, 0.3) is 0 Å². The Balaban J connectivity index is 2.12. The Kier molecular flexibility index (Phi) is 5.46. The molecule has 0 spiro atoms. The van der Waals surface area contributed by atoms with E-state index in [4.69, 9.17) is 5.73 Å². The van der Waals surface area contributed by atoms with Crippen molar-refractivity contribution in [1.29, 1.82) is 0 Å². The maximum atomic E-state index is 12.2. The van der Waals surface area contributed by atoms with E-state index in [0.717, 1.165) is 10.6 Å². The van der Waals surface area contributed by atoms with Gasteiger partial charge in [0.05, 0.1) is 5.01 Å². The summed E-state index contributed by atoms with van der Waals surface area (Å²) in [6, 6.07) is 5.21. The molecule has 2 aromatic rings. The van der Waals surface area contributed by atoms with Crippen LogP contribution in [0.3, 0.4) is 0 Å². The topological polar surface area (TPSA) is 88.3 Å². The van der Waals surface area contributed by atoms with E-state index in [1.165, 1.54) is 16.2 Å². The second-order valence-corrected chi connectivity index (χ2v) is 6.29. The molecule has 0 unspecified atom stereocenters. The molecule has 0 radical (unpaired) electrons. The standard InChI is InChI=1S/C16H20N4O2S/c1-10-8-11(4-5-12(10)16(22)20(2)3)18-15(21)13-9-23-14(19-13)6-7-17/h4-5,8-9H,6-7,17H2,1-3H3,(H,18,21). The van der Waals surface area contributed by atoms with Crippen LogP contribution in [0, 0.1) is 6.92 Å². The highest BCUT2D eigenvalue weighted by atomic mass is 32.1. The number of thiazole rings is 1. The predicted molar refractivity (Wildman–Crippen MR) is 92.0 cm³/mol. The van der Waals surface area contributed by atoms with Crippen LogP contribution in [0.15, 0.2) is 23.6 Å². The van der Waals surface area contributed by atoms with Gasteiger partial charge in [0.15, 0.2) is 0 Å². The number of anilines is 1. The number of hydrogen-bond acceptors (Lipinski definition) is 5. The molecule has 3 N–H and O–H groups in total. The van der Waals surface area contributed by atoms with Crippen LogP contribution in [0.1, 0.15) is 31.4 Å². The van der Waals surface area contributed by atoms with E-state index in [0.29, 0.717) is 29.9 Å². The third-order valence-electron chi connectivity index (χ3n) is 3.26. The van der Waals surface area contributed by atoms with E-state index in [2.05, 4.69) is 10.3 Å². The Labute approximate surface area is 139 Å². The summed E-state index contributed by atoms with van der Waals surface area (Å²) >= 11 is 1.42. The monoisotopic (exact) mass is 332 g/mol. The summed E-state index contributed by atoms with van der Waals surface area (Å²) < 4.78 is 0. The molecule has 0 aliphatic carbocycles. The molecule has 122 valence electrons. The smallest absolute Gasteiger partial charge is 0.275 e. The summed E-state index contributed by atoms with van der Waals surface area (Å²) in [5.41, 5.74) is 7.92. The lowest BCUT2D eigenvalue weighted by molar-refractivity contribution is 0.0826. The summed E-state index contributed by atoms with van der Waals surface area (Å²) in [5, 5.41) is 5.37. The van der Waals surface area contributed by atoms with Gasteiger partial charge in [-0.05, 0) is 37.2 Å². The molecule has 0 bridgehead atoms. The Morgan fingerprint density at radius 2 is 2.09 bits per heavy atom. The molecule has 1 aromatic heterocycles. The van der Waals surface area contributed by atoms with Crippen LogP contribution in [-0.2, 0) is 6.42 Å². The van der Waals surface area contributed by atoms with Gasteiger partial charge >= 0.3 is 0 Å². The van der Waals surface area contributed by atoms with Crippen LogP contribution in [0.2, 0.25) is 0 Å². The highest BCUT2D eigenvalue weighted by Gasteiger charge is 2.14. The van der Waals surface area contributed by atoms with Crippen molar-refractivity contribution >= 4 is 28.8 Å². The van der Waals surface area contributed by atoms with Crippen molar-refractivity contribution in [3.8, 4) is 0 Å². The molecular formula is C16H20N4O2S. The fourth-order valence-corrected chi connectivity index (χ4v) is 2.87. The molecule has 0 aliphatic rings. The van der Waals surface area contributed by atoms with Crippen LogP contribution in [-0.4, -0.2) is 42.3 Å². The molecule has 2 amide bonds. The largest absolute Gasteiger partial charge is 0.345 e. The van der Waals surface area contributed by atoms with Crippen LogP contribution in [0.5, 0.6) is 0 Å². The van der Waals surface area contributed by atoms with Gasteiger partial charge in [0, 0.05) is 37.1 Å². The third kappa shape index (κ3) is 4.14. The van der Waals surface area contributed by atoms with E-state index < -0.39 is 0 Å². The lowest BCUT2D eigenvalue weighted by Crippen LogP contribution is -2.22. The summed E-state index contributed by atoms with van der Waals surface area (Å²) in [6.07, 6.45) is 0.665. The molecule has 0 fully saturated rings. The SMILES string of the molecule is Cc1cc(NC(=O)c2csc(CCN)n2)ccc1C(=O)N(C)C. The zero-order valence-electron chi connectivity index (χ0n) is 13.4. The Morgan fingerprint density at radius 3 is 2.70 bits per heavy atom. The normalized spacial score (nSPS) is 10.4. The Morgan fingerprint density at radius 1 is 1.35 bits per heavy atom. The van der Waals surface area contributed by atoms with Crippen molar-refractivity contribution in [2.75, 3.05) is 26.0 Å². The van der Waals surface area contributed by atoms with Crippen molar-refractivity contribution in [3.63, 3.8) is 0 Å². The number of carbonyl (C=O) groups excluding carboxylic acids is 2. The highest BCUT2D eigenvalue weighted by molar-refractivity contribution is 7.09. The van der Waals surface area contributed by atoms with Gasteiger partial charge in [-0.3, -0.25) is 9.59 Å². The first-order valence-corrected chi connectivity index (χ1v) is 8.08. The number of nitrogens with zero attached hydrogens (tertiary/aromatic N) is 2. The molecule has 7 heteroatoms. The number of rotatable bonds is 5. The van der Waals surface area contributed by atoms with Crippen molar-refractivity contribution < 1.29 is 9.59 Å². The second-order valence-electron chi connectivity index (χ2n) is 5.35. The lowest BCUT2D eigenvalue weighted by atomic mass is 10.1. The fourth-order valence-electron chi connectivity index (χ4n) is 2.07. The molecule has 23 heavy (non-hydrogen) atoms. The molecule has 1 heterocycles. The minimum absolute atomic E-state index is 0.0636. The minimum atomic E-state index is -0.268. The van der Waals surface area contributed by atoms with E-state index in [1.807, 2.05) is 6.92 Å². The van der Waals surface area contributed by atoms with Crippen LogP contribution >= 0.6 is 11.3 Å². The lowest BCUT2D eigenvalue weighted by Gasteiger charge is -2.13. The number of nitrogens with two attached hydrogens (primary N) is 1. The van der Waals surface area contributed by atoms with Gasteiger partial charge in [0.2, 0.25) is 0 Å². The summed E-state index contributed by atoms with van der Waals surface area (Å²) in [7, 11) is 3.41. The average molecular weight is 332 g/mol. The molecule has 0 atom stereocenters.